The number of carbonyl (C=O) groups excluding carboxylic acids is 4. The van der Waals surface area contributed by atoms with Gasteiger partial charge in [0.15, 0.2) is 11.5 Å². The Kier molecular flexibility index (Phi) is 13.1. The molecule has 0 aliphatic rings. The zero-order chi connectivity index (χ0) is 28.3. The van der Waals surface area contributed by atoms with E-state index in [1.807, 2.05) is 13.8 Å². The molecule has 3 atom stereocenters. The molecule has 37 heavy (non-hydrogen) atoms. The molecule has 1 aromatic rings. The SMILES string of the molecule is CC(C)CCOC(=O)O[C@@H](C)[C@H](C)OC(=O)[C@@H](N)Cc1ccc(OC(=O)C(C)C)c(OC(=O)C(C)C)c1. The first kappa shape index (κ1) is 31.9. The minimum Gasteiger partial charge on any atom is -0.458 e. The molecule has 208 valence electrons. The number of esters is 3. The molecule has 1 rings (SSSR count). The Labute approximate surface area is 219 Å². The van der Waals surface area contributed by atoms with Crippen molar-refractivity contribution in [1.29, 1.82) is 0 Å². The van der Waals surface area contributed by atoms with Gasteiger partial charge < -0.3 is 29.4 Å². The molecule has 0 aliphatic carbocycles. The molecule has 0 saturated carbocycles. The fraction of sp³-hybridized carbons (Fsp3) is 0.630. The second kappa shape index (κ2) is 15.2. The van der Waals surface area contributed by atoms with Crippen LogP contribution in [-0.4, -0.2) is 48.9 Å². The third-order valence-electron chi connectivity index (χ3n) is 5.29. The molecule has 0 unspecified atom stereocenters. The van der Waals surface area contributed by atoms with E-state index < -0.39 is 48.2 Å². The van der Waals surface area contributed by atoms with E-state index in [1.54, 1.807) is 47.6 Å². The molecule has 0 aliphatic heterocycles. The van der Waals surface area contributed by atoms with Crippen LogP contribution in [0.5, 0.6) is 11.5 Å². The predicted molar refractivity (Wildman–Crippen MR) is 136 cm³/mol. The van der Waals surface area contributed by atoms with Crippen molar-refractivity contribution in [3.05, 3.63) is 23.8 Å². The van der Waals surface area contributed by atoms with E-state index in [0.29, 0.717) is 17.9 Å². The standard InChI is InChI=1S/C27H41NO9/c1-15(2)11-12-33-27(32)35-19(8)18(7)34-26(31)21(28)13-20-9-10-22(36-24(29)16(3)4)23(14-20)37-25(30)17(5)6/h9-10,14-19,21H,11-13,28H2,1-8H3/t18-,19-,21-/m0/s1. The summed E-state index contributed by atoms with van der Waals surface area (Å²) in [5.41, 5.74) is 6.61. The number of benzene rings is 1. The molecule has 0 fully saturated rings. The maximum absolute atomic E-state index is 12.6. The van der Waals surface area contributed by atoms with Gasteiger partial charge in [-0.1, -0.05) is 47.6 Å². The minimum atomic E-state index is -1.05. The quantitative estimate of drug-likeness (QED) is 0.295. The smallest absolute Gasteiger partial charge is 0.458 e. The lowest BCUT2D eigenvalue weighted by atomic mass is 10.1. The van der Waals surface area contributed by atoms with Crippen molar-refractivity contribution >= 4 is 24.1 Å². The van der Waals surface area contributed by atoms with E-state index in [-0.39, 0.29) is 30.4 Å². The van der Waals surface area contributed by atoms with Crippen LogP contribution in [-0.2, 0) is 35.0 Å². The van der Waals surface area contributed by atoms with Gasteiger partial charge in [0.1, 0.15) is 18.2 Å². The van der Waals surface area contributed by atoms with Crippen molar-refractivity contribution in [2.75, 3.05) is 6.61 Å². The summed E-state index contributed by atoms with van der Waals surface area (Å²) in [4.78, 5) is 48.6. The topological polar surface area (TPSA) is 140 Å². The highest BCUT2D eigenvalue weighted by molar-refractivity contribution is 5.78. The number of carbonyl (C=O) groups is 4. The van der Waals surface area contributed by atoms with Crippen LogP contribution in [0.2, 0.25) is 0 Å². The average molecular weight is 524 g/mol. The number of hydrogen-bond donors (Lipinski definition) is 1. The summed E-state index contributed by atoms with van der Waals surface area (Å²) in [6.45, 7) is 14.1. The molecule has 0 bridgehead atoms. The monoisotopic (exact) mass is 523 g/mol. The Morgan fingerprint density at radius 3 is 1.84 bits per heavy atom. The van der Waals surface area contributed by atoms with Gasteiger partial charge in [0.05, 0.1) is 18.4 Å². The fourth-order valence-electron chi connectivity index (χ4n) is 2.66. The average Bonchev–Trinajstić information content (AvgIpc) is 2.79. The molecular formula is C27H41NO9. The van der Waals surface area contributed by atoms with E-state index >= 15 is 0 Å². The molecule has 0 radical (unpaired) electrons. The van der Waals surface area contributed by atoms with Crippen LogP contribution in [0.15, 0.2) is 18.2 Å². The van der Waals surface area contributed by atoms with E-state index in [4.69, 9.17) is 29.4 Å². The molecule has 2 N–H and O–H groups in total. The first-order chi connectivity index (χ1) is 17.2. The normalized spacial score (nSPS) is 13.6. The Bertz CT molecular complexity index is 926. The zero-order valence-corrected chi connectivity index (χ0v) is 23.1. The van der Waals surface area contributed by atoms with Gasteiger partial charge in [-0.25, -0.2) is 4.79 Å². The highest BCUT2D eigenvalue weighted by Gasteiger charge is 2.25. The van der Waals surface area contributed by atoms with Crippen LogP contribution in [0.3, 0.4) is 0 Å². The number of hydrogen-bond acceptors (Lipinski definition) is 10. The minimum absolute atomic E-state index is 0.0529. The molecule has 10 heteroatoms. The van der Waals surface area contributed by atoms with Gasteiger partial charge >= 0.3 is 24.1 Å². The first-order valence-electron chi connectivity index (χ1n) is 12.6. The number of rotatable bonds is 13. The maximum Gasteiger partial charge on any atom is 0.508 e. The molecule has 0 amide bonds. The zero-order valence-electron chi connectivity index (χ0n) is 23.1. The summed E-state index contributed by atoms with van der Waals surface area (Å²) in [5, 5.41) is 0. The van der Waals surface area contributed by atoms with Crippen molar-refractivity contribution in [2.45, 2.75) is 86.5 Å². The van der Waals surface area contributed by atoms with E-state index in [0.717, 1.165) is 0 Å². The summed E-state index contributed by atoms with van der Waals surface area (Å²) in [7, 11) is 0. The lowest BCUT2D eigenvalue weighted by Gasteiger charge is -2.22. The van der Waals surface area contributed by atoms with Crippen molar-refractivity contribution in [2.24, 2.45) is 23.5 Å². The third-order valence-corrected chi connectivity index (χ3v) is 5.29. The summed E-state index contributed by atoms with van der Waals surface area (Å²) < 4.78 is 26.3. The second-order valence-electron chi connectivity index (χ2n) is 9.99. The summed E-state index contributed by atoms with van der Waals surface area (Å²) in [6.07, 6.45) is -1.58. The van der Waals surface area contributed by atoms with Crippen LogP contribution in [0.4, 0.5) is 4.79 Å². The van der Waals surface area contributed by atoms with Gasteiger partial charge in [-0.05, 0) is 50.3 Å². The molecule has 1 aromatic carbocycles. The van der Waals surface area contributed by atoms with Crippen LogP contribution >= 0.6 is 0 Å². The van der Waals surface area contributed by atoms with Gasteiger partial charge in [-0.15, -0.1) is 0 Å². The van der Waals surface area contributed by atoms with Crippen LogP contribution < -0.4 is 15.2 Å². The van der Waals surface area contributed by atoms with Gasteiger partial charge in [0.25, 0.3) is 0 Å². The molecule has 10 nitrogen and oxygen atoms in total. The van der Waals surface area contributed by atoms with Crippen molar-refractivity contribution in [1.82, 2.24) is 0 Å². The van der Waals surface area contributed by atoms with Crippen LogP contribution in [0.25, 0.3) is 0 Å². The molecule has 0 spiro atoms. The highest BCUT2D eigenvalue weighted by atomic mass is 16.7. The fourth-order valence-corrected chi connectivity index (χ4v) is 2.66. The summed E-state index contributed by atoms with van der Waals surface area (Å²) in [5.74, 6) is -1.95. The molecule has 0 saturated heterocycles. The van der Waals surface area contributed by atoms with Crippen LogP contribution in [0, 0.1) is 17.8 Å². The Balaban J connectivity index is 2.81. The van der Waals surface area contributed by atoms with Gasteiger partial charge in [0, 0.05) is 0 Å². The first-order valence-corrected chi connectivity index (χ1v) is 12.6. The van der Waals surface area contributed by atoms with E-state index in [9.17, 15) is 19.2 Å². The number of ether oxygens (including phenoxy) is 5. The van der Waals surface area contributed by atoms with E-state index in [1.165, 1.54) is 12.1 Å². The molecular weight excluding hydrogens is 482 g/mol. The second-order valence-corrected chi connectivity index (χ2v) is 9.99. The van der Waals surface area contributed by atoms with Crippen LogP contribution in [0.1, 0.15) is 67.4 Å². The molecule has 0 heterocycles. The van der Waals surface area contributed by atoms with Gasteiger partial charge in [-0.3, -0.25) is 14.4 Å². The maximum atomic E-state index is 12.6. The number of nitrogens with two attached hydrogens (primary N) is 1. The van der Waals surface area contributed by atoms with E-state index in [2.05, 4.69) is 0 Å². The lowest BCUT2D eigenvalue weighted by Crippen LogP contribution is -2.39. The summed E-state index contributed by atoms with van der Waals surface area (Å²) in [6, 6.07) is 3.55. The van der Waals surface area contributed by atoms with Crippen molar-refractivity contribution < 1.29 is 42.9 Å². The Hall–Kier alpha value is -3.14. The molecule has 0 aromatic heterocycles. The third kappa shape index (κ3) is 11.6. The lowest BCUT2D eigenvalue weighted by molar-refractivity contribution is -0.155. The predicted octanol–water partition coefficient (Wildman–Crippen LogP) is 4.20. The van der Waals surface area contributed by atoms with Crippen molar-refractivity contribution in [3.8, 4) is 11.5 Å². The van der Waals surface area contributed by atoms with Crippen molar-refractivity contribution in [3.63, 3.8) is 0 Å². The highest BCUT2D eigenvalue weighted by Crippen LogP contribution is 2.30. The Morgan fingerprint density at radius 1 is 0.757 bits per heavy atom. The summed E-state index contributed by atoms with van der Waals surface area (Å²) >= 11 is 0. The van der Waals surface area contributed by atoms with Gasteiger partial charge in [0.2, 0.25) is 0 Å². The Morgan fingerprint density at radius 2 is 1.30 bits per heavy atom. The largest absolute Gasteiger partial charge is 0.508 e. The van der Waals surface area contributed by atoms with Gasteiger partial charge in [-0.2, -0.15) is 0 Å².